The number of carboxylic acid groups (broad SMARTS) is 2. The van der Waals surface area contributed by atoms with Gasteiger partial charge in [-0.25, -0.2) is 19.6 Å². The summed E-state index contributed by atoms with van der Waals surface area (Å²) in [7, 11) is 6.92. The number of aromatic nitrogens is 4. The summed E-state index contributed by atoms with van der Waals surface area (Å²) < 4.78 is 0. The van der Waals surface area contributed by atoms with Crippen LogP contribution in [0.15, 0.2) is 116 Å². The first-order chi connectivity index (χ1) is 30.9. The number of H-pyrrole nitrogens is 2. The van der Waals surface area contributed by atoms with Crippen LogP contribution in [-0.4, -0.2) is 120 Å². The molecule has 2 fully saturated rings. The van der Waals surface area contributed by atoms with E-state index in [-0.39, 0.29) is 23.9 Å². The molecule has 0 aliphatic carbocycles. The Morgan fingerprint density at radius 2 is 1.06 bits per heavy atom. The Labute approximate surface area is 372 Å². The number of hydrogen-bond donors (Lipinski definition) is 4. The zero-order chi connectivity index (χ0) is 45.1. The molecule has 2 aromatic heterocycles. The number of nitrogens with one attached hydrogen (secondary N) is 2. The summed E-state index contributed by atoms with van der Waals surface area (Å²) >= 11 is 0. The standard InChI is InChI=1S/C49H53N9O6/c1-54(2)30-36-27-35(39-29-51-45(53-39)41-18-12-26-58(41)47(60)43(56(4)49(63)64)34-15-9-6-10-16-34)23-24-37(36)31-19-21-32(22-20-31)38-28-50-44(52-38)40-17-11-25-57(40)46(59)42(55(3)48(61)62)33-13-7-5-8-14-33/h5-10,13-16,19-24,27-29,40-43H,11-12,17-18,25-26,30H2,1-4H3,(H,50,52)(H,51,53)(H,61,62)(H,63,64)/t40-,41-,42+,43+/m0/s1. The van der Waals surface area contributed by atoms with Crippen molar-refractivity contribution in [1.29, 1.82) is 0 Å². The molecule has 4 N–H and O–H groups in total. The minimum Gasteiger partial charge on any atom is -0.465 e. The monoisotopic (exact) mass is 863 g/mol. The van der Waals surface area contributed by atoms with E-state index in [1.165, 1.54) is 14.1 Å². The third-order valence-corrected chi connectivity index (χ3v) is 12.4. The van der Waals surface area contributed by atoms with Crippen LogP contribution < -0.4 is 0 Å². The number of likely N-dealkylation sites (tertiary alicyclic amines) is 2. The Bertz CT molecular complexity index is 2610. The molecule has 4 heterocycles. The molecule has 2 aliphatic heterocycles. The summed E-state index contributed by atoms with van der Waals surface area (Å²) in [6.07, 6.45) is 4.19. The fraction of sp³-hybridized carbons (Fsp3) is 0.306. The molecule has 0 unspecified atom stereocenters. The van der Waals surface area contributed by atoms with Crippen molar-refractivity contribution in [2.45, 2.75) is 56.4 Å². The van der Waals surface area contributed by atoms with Gasteiger partial charge in [0.1, 0.15) is 23.7 Å². The van der Waals surface area contributed by atoms with E-state index in [4.69, 9.17) is 9.97 Å². The van der Waals surface area contributed by atoms with Gasteiger partial charge < -0.3 is 34.9 Å². The van der Waals surface area contributed by atoms with Gasteiger partial charge in [0.2, 0.25) is 0 Å². The van der Waals surface area contributed by atoms with Gasteiger partial charge in [0.25, 0.3) is 11.8 Å². The summed E-state index contributed by atoms with van der Waals surface area (Å²) in [6, 6.07) is 30.1. The predicted octanol–water partition coefficient (Wildman–Crippen LogP) is 8.22. The Morgan fingerprint density at radius 1 is 0.625 bits per heavy atom. The Balaban J connectivity index is 0.997. The van der Waals surface area contributed by atoms with Gasteiger partial charge in [-0.05, 0) is 84.8 Å². The van der Waals surface area contributed by atoms with Crippen LogP contribution in [0.2, 0.25) is 0 Å². The second-order valence-electron chi connectivity index (χ2n) is 16.8. The van der Waals surface area contributed by atoms with Crippen molar-refractivity contribution in [3.8, 4) is 33.6 Å². The van der Waals surface area contributed by atoms with E-state index >= 15 is 0 Å². The van der Waals surface area contributed by atoms with Crippen LogP contribution >= 0.6 is 0 Å². The number of nitrogens with zero attached hydrogens (tertiary/aromatic N) is 7. The summed E-state index contributed by atoms with van der Waals surface area (Å²) in [5, 5.41) is 19.7. The molecule has 8 rings (SSSR count). The average molecular weight is 864 g/mol. The number of imidazole rings is 2. The molecule has 0 radical (unpaired) electrons. The van der Waals surface area contributed by atoms with Gasteiger partial charge in [-0.3, -0.25) is 19.4 Å². The number of hydrogen-bond acceptors (Lipinski definition) is 7. The van der Waals surface area contributed by atoms with Crippen LogP contribution in [0, 0.1) is 0 Å². The number of amides is 4. The largest absolute Gasteiger partial charge is 0.465 e. The van der Waals surface area contributed by atoms with Crippen LogP contribution in [-0.2, 0) is 16.1 Å². The first-order valence-corrected chi connectivity index (χ1v) is 21.5. The zero-order valence-corrected chi connectivity index (χ0v) is 36.4. The molecule has 0 spiro atoms. The minimum absolute atomic E-state index is 0.277. The highest BCUT2D eigenvalue weighted by molar-refractivity contribution is 5.88. The quantitative estimate of drug-likeness (QED) is 0.0889. The molecule has 15 heteroatoms. The second kappa shape index (κ2) is 18.6. The van der Waals surface area contributed by atoms with E-state index in [2.05, 4.69) is 57.3 Å². The van der Waals surface area contributed by atoms with Crippen molar-refractivity contribution >= 4 is 24.0 Å². The van der Waals surface area contributed by atoms with Gasteiger partial charge >= 0.3 is 12.2 Å². The van der Waals surface area contributed by atoms with Gasteiger partial charge in [0.15, 0.2) is 0 Å². The summed E-state index contributed by atoms with van der Waals surface area (Å²) in [6.45, 7) is 1.69. The van der Waals surface area contributed by atoms with Crippen LogP contribution in [0.4, 0.5) is 9.59 Å². The lowest BCUT2D eigenvalue weighted by molar-refractivity contribution is -0.138. The number of carbonyl (C=O) groups excluding carboxylic acids is 2. The fourth-order valence-corrected chi connectivity index (χ4v) is 9.15. The summed E-state index contributed by atoms with van der Waals surface area (Å²) in [5.74, 6) is 0.770. The number of carbonyl (C=O) groups is 4. The third kappa shape index (κ3) is 8.84. The SMILES string of the molecule is CN(C)Cc1cc(-c2cnc([C@@H]3CCCN3C(=O)[C@@H](c3ccccc3)N(C)C(=O)O)[nH]2)ccc1-c1ccc(-c2cnc([C@@H]3CCCN3C(=O)[C@@H](c3ccccc3)N(C)C(=O)O)[nH]2)cc1. The first-order valence-electron chi connectivity index (χ1n) is 21.5. The van der Waals surface area contributed by atoms with Crippen molar-refractivity contribution in [3.63, 3.8) is 0 Å². The molecular formula is C49H53N9O6. The number of benzene rings is 4. The van der Waals surface area contributed by atoms with E-state index in [9.17, 15) is 29.4 Å². The molecule has 64 heavy (non-hydrogen) atoms. The zero-order valence-electron chi connectivity index (χ0n) is 36.4. The number of aromatic amines is 2. The summed E-state index contributed by atoms with van der Waals surface area (Å²) in [4.78, 5) is 76.5. The normalized spacial score (nSPS) is 17.1. The Hall–Kier alpha value is -7.26. The molecule has 4 amide bonds. The van der Waals surface area contributed by atoms with Crippen molar-refractivity contribution < 1.29 is 29.4 Å². The van der Waals surface area contributed by atoms with Crippen molar-refractivity contribution in [2.24, 2.45) is 0 Å². The maximum absolute atomic E-state index is 14.1. The van der Waals surface area contributed by atoms with E-state index in [1.807, 2.05) is 26.2 Å². The van der Waals surface area contributed by atoms with Gasteiger partial charge in [0, 0.05) is 33.7 Å². The molecule has 4 atom stereocenters. The van der Waals surface area contributed by atoms with Gasteiger partial charge in [-0.15, -0.1) is 0 Å². The van der Waals surface area contributed by atoms with Crippen molar-refractivity contribution in [1.82, 2.24) is 44.4 Å². The molecule has 6 aromatic rings. The highest BCUT2D eigenvalue weighted by Crippen LogP contribution is 2.38. The van der Waals surface area contributed by atoms with Gasteiger partial charge in [0.05, 0.1) is 35.9 Å². The van der Waals surface area contributed by atoms with E-state index in [1.54, 1.807) is 70.7 Å². The first kappa shape index (κ1) is 43.4. The number of likely N-dealkylation sites (N-methyl/N-ethyl adjacent to an activating group) is 2. The van der Waals surface area contributed by atoms with E-state index in [0.29, 0.717) is 55.3 Å². The van der Waals surface area contributed by atoms with Gasteiger partial charge in [-0.1, -0.05) is 97.1 Å². The maximum Gasteiger partial charge on any atom is 0.407 e. The molecule has 330 valence electrons. The lowest BCUT2D eigenvalue weighted by Crippen LogP contribution is -2.43. The molecule has 15 nitrogen and oxygen atoms in total. The fourth-order valence-electron chi connectivity index (χ4n) is 9.15. The van der Waals surface area contributed by atoms with Crippen LogP contribution in [0.5, 0.6) is 0 Å². The third-order valence-electron chi connectivity index (χ3n) is 12.4. The van der Waals surface area contributed by atoms with Crippen LogP contribution in [0.25, 0.3) is 33.6 Å². The highest BCUT2D eigenvalue weighted by Gasteiger charge is 2.40. The van der Waals surface area contributed by atoms with Gasteiger partial charge in [-0.2, -0.15) is 0 Å². The van der Waals surface area contributed by atoms with E-state index in [0.717, 1.165) is 61.8 Å². The lowest BCUT2D eigenvalue weighted by Gasteiger charge is -2.32. The second-order valence-corrected chi connectivity index (χ2v) is 16.8. The predicted molar refractivity (Wildman–Crippen MR) is 242 cm³/mol. The van der Waals surface area contributed by atoms with Crippen LogP contribution in [0.1, 0.15) is 78.2 Å². The smallest absolute Gasteiger partial charge is 0.407 e. The molecular weight excluding hydrogens is 811 g/mol. The number of rotatable bonds is 13. The van der Waals surface area contributed by atoms with Crippen molar-refractivity contribution in [2.75, 3.05) is 41.3 Å². The molecule has 2 aliphatic rings. The maximum atomic E-state index is 14.1. The van der Waals surface area contributed by atoms with E-state index < -0.39 is 24.3 Å². The minimum atomic E-state index is -1.18. The Morgan fingerprint density at radius 3 is 1.52 bits per heavy atom. The molecule has 0 bridgehead atoms. The lowest BCUT2D eigenvalue weighted by atomic mass is 9.95. The van der Waals surface area contributed by atoms with Crippen LogP contribution in [0.3, 0.4) is 0 Å². The Kier molecular flexibility index (Phi) is 12.6. The summed E-state index contributed by atoms with van der Waals surface area (Å²) in [5.41, 5.74) is 7.99. The molecule has 0 saturated carbocycles. The molecule has 4 aromatic carbocycles. The highest BCUT2D eigenvalue weighted by atomic mass is 16.4. The van der Waals surface area contributed by atoms with Crippen molar-refractivity contribution in [3.05, 3.63) is 144 Å². The topological polar surface area (TPSA) is 182 Å². The average Bonchev–Trinajstić information content (AvgIpc) is 4.14. The molecule has 2 saturated heterocycles.